The average Bonchev–Trinajstić information content (AvgIpc) is 2.45. The molecular weight excluding hydrogens is 234 g/mol. The largest absolute Gasteiger partial charge is 0.477 e. The number of hydrogen-bond donors (Lipinski definition) is 3. The highest BCUT2D eigenvalue weighted by Crippen LogP contribution is 2.18. The number of aryl methyl sites for hydroxylation is 1. The number of nitrogens with one attached hydrogen (secondary N) is 2. The Bertz CT molecular complexity index is 503. The molecule has 0 radical (unpaired) electrons. The first kappa shape index (κ1) is 12.5. The van der Waals surface area contributed by atoms with Gasteiger partial charge in [0.1, 0.15) is 5.69 Å². The summed E-state index contributed by atoms with van der Waals surface area (Å²) < 4.78 is 26.1. The first-order valence-corrected chi connectivity index (χ1v) is 5.81. The minimum Gasteiger partial charge on any atom is -0.477 e. The monoisotopic (exact) mass is 247 g/mol. The van der Waals surface area contributed by atoms with Gasteiger partial charge in [0.05, 0.1) is 5.69 Å². The molecule has 1 heterocycles. The van der Waals surface area contributed by atoms with E-state index in [1.807, 2.05) is 0 Å². The van der Waals surface area contributed by atoms with Gasteiger partial charge in [-0.2, -0.15) is 12.7 Å². The van der Waals surface area contributed by atoms with Crippen LogP contribution in [0, 0.1) is 6.92 Å². The molecule has 90 valence electrons. The lowest BCUT2D eigenvalue weighted by Gasteiger charge is -2.12. The summed E-state index contributed by atoms with van der Waals surface area (Å²) >= 11 is 0. The van der Waals surface area contributed by atoms with Gasteiger partial charge in [0, 0.05) is 19.8 Å². The van der Waals surface area contributed by atoms with Crippen molar-refractivity contribution in [3.8, 4) is 0 Å². The fourth-order valence-corrected chi connectivity index (χ4v) is 1.69. The number of hydrogen-bond acceptors (Lipinski definition) is 3. The van der Waals surface area contributed by atoms with Gasteiger partial charge in [-0.15, -0.1) is 0 Å². The number of rotatable bonds is 4. The van der Waals surface area contributed by atoms with Gasteiger partial charge < -0.3 is 10.1 Å². The molecule has 0 spiro atoms. The van der Waals surface area contributed by atoms with Crippen molar-refractivity contribution in [3.63, 3.8) is 0 Å². The third-order valence-corrected chi connectivity index (χ3v) is 3.33. The molecule has 0 amide bonds. The van der Waals surface area contributed by atoms with E-state index in [9.17, 15) is 13.2 Å². The molecule has 0 aliphatic rings. The van der Waals surface area contributed by atoms with Gasteiger partial charge in [-0.3, -0.25) is 4.72 Å². The van der Waals surface area contributed by atoms with Gasteiger partial charge in [-0.05, 0) is 13.0 Å². The Morgan fingerprint density at radius 3 is 2.50 bits per heavy atom. The first-order valence-electron chi connectivity index (χ1n) is 4.37. The SMILES string of the molecule is Cc1cc(NS(=O)(=O)N(C)C)c(C(=O)O)[nH]1. The van der Waals surface area contributed by atoms with E-state index in [-0.39, 0.29) is 11.4 Å². The van der Waals surface area contributed by atoms with Crippen LogP contribution in [0.1, 0.15) is 16.2 Å². The van der Waals surface area contributed by atoms with Crippen LogP contribution in [0.15, 0.2) is 6.07 Å². The van der Waals surface area contributed by atoms with Crippen LogP contribution in [0.3, 0.4) is 0 Å². The molecule has 3 N–H and O–H groups in total. The maximum Gasteiger partial charge on any atom is 0.354 e. The number of carbonyl (C=O) groups is 1. The van der Waals surface area contributed by atoms with Crippen molar-refractivity contribution in [1.82, 2.24) is 9.29 Å². The summed E-state index contributed by atoms with van der Waals surface area (Å²) in [6.45, 7) is 1.64. The van der Waals surface area contributed by atoms with Crippen molar-refractivity contribution >= 4 is 21.9 Å². The molecule has 0 bridgehead atoms. The second-order valence-corrected chi connectivity index (χ2v) is 5.32. The highest BCUT2D eigenvalue weighted by Gasteiger charge is 2.19. The Kier molecular flexibility index (Phi) is 3.24. The van der Waals surface area contributed by atoms with Crippen molar-refractivity contribution in [2.24, 2.45) is 0 Å². The second-order valence-electron chi connectivity index (χ2n) is 3.44. The van der Waals surface area contributed by atoms with E-state index in [2.05, 4.69) is 9.71 Å². The number of H-pyrrole nitrogens is 1. The fourth-order valence-electron chi connectivity index (χ4n) is 1.07. The van der Waals surface area contributed by atoms with E-state index < -0.39 is 16.2 Å². The molecule has 0 fully saturated rings. The number of aromatic amines is 1. The number of aromatic nitrogens is 1. The highest BCUT2D eigenvalue weighted by molar-refractivity contribution is 7.90. The van der Waals surface area contributed by atoms with Crippen molar-refractivity contribution in [1.29, 1.82) is 0 Å². The van der Waals surface area contributed by atoms with Gasteiger partial charge in [-0.1, -0.05) is 0 Å². The van der Waals surface area contributed by atoms with Crippen LogP contribution in [-0.4, -0.2) is 42.9 Å². The van der Waals surface area contributed by atoms with Crippen LogP contribution in [0.4, 0.5) is 5.69 Å². The van der Waals surface area contributed by atoms with Gasteiger partial charge in [0.15, 0.2) is 0 Å². The summed E-state index contributed by atoms with van der Waals surface area (Å²) in [6.07, 6.45) is 0. The predicted molar refractivity (Wildman–Crippen MR) is 58.7 cm³/mol. The first-order chi connectivity index (χ1) is 7.24. The molecule has 0 saturated heterocycles. The summed E-state index contributed by atoms with van der Waals surface area (Å²) in [7, 11) is -0.995. The van der Waals surface area contributed by atoms with Crippen molar-refractivity contribution in [3.05, 3.63) is 17.5 Å². The van der Waals surface area contributed by atoms with E-state index in [0.717, 1.165) is 4.31 Å². The third-order valence-electron chi connectivity index (χ3n) is 1.89. The quantitative estimate of drug-likeness (QED) is 0.709. The molecule has 0 atom stereocenters. The predicted octanol–water partition coefficient (Wildman–Crippen LogP) is 0.240. The maximum atomic E-state index is 11.5. The average molecular weight is 247 g/mol. The second kappa shape index (κ2) is 4.14. The fraction of sp³-hybridized carbons (Fsp3) is 0.375. The normalized spacial score (nSPS) is 11.8. The van der Waals surface area contributed by atoms with Gasteiger partial charge in [0.25, 0.3) is 0 Å². The van der Waals surface area contributed by atoms with Gasteiger partial charge in [0.2, 0.25) is 0 Å². The van der Waals surface area contributed by atoms with E-state index in [1.165, 1.54) is 20.2 Å². The molecular formula is C8H13N3O4S. The molecule has 0 unspecified atom stereocenters. The van der Waals surface area contributed by atoms with Crippen LogP contribution in [-0.2, 0) is 10.2 Å². The summed E-state index contributed by atoms with van der Waals surface area (Å²) in [4.78, 5) is 13.4. The molecule has 16 heavy (non-hydrogen) atoms. The van der Waals surface area contributed by atoms with E-state index in [4.69, 9.17) is 5.11 Å². The molecule has 1 rings (SSSR count). The summed E-state index contributed by atoms with van der Waals surface area (Å²) in [5.74, 6) is -1.22. The Labute approximate surface area is 93.3 Å². The molecule has 0 saturated carbocycles. The van der Waals surface area contributed by atoms with Crippen LogP contribution in [0.25, 0.3) is 0 Å². The summed E-state index contributed by atoms with van der Waals surface area (Å²) in [5, 5.41) is 8.83. The zero-order chi connectivity index (χ0) is 12.5. The Morgan fingerprint density at radius 2 is 2.06 bits per heavy atom. The topological polar surface area (TPSA) is 102 Å². The standard InChI is InChI=1S/C8H13N3O4S/c1-5-4-6(7(9-5)8(12)13)10-16(14,15)11(2)3/h4,9-10H,1-3H3,(H,12,13). The minimum absolute atomic E-state index is 0.0266. The molecule has 0 aliphatic heterocycles. The van der Waals surface area contributed by atoms with Crippen LogP contribution >= 0.6 is 0 Å². The van der Waals surface area contributed by atoms with Crippen molar-refractivity contribution in [2.75, 3.05) is 18.8 Å². The lowest BCUT2D eigenvalue weighted by Crippen LogP contribution is -2.29. The van der Waals surface area contributed by atoms with Crippen molar-refractivity contribution < 1.29 is 18.3 Å². The lowest BCUT2D eigenvalue weighted by atomic mass is 10.4. The van der Waals surface area contributed by atoms with Crippen LogP contribution < -0.4 is 4.72 Å². The van der Waals surface area contributed by atoms with E-state index >= 15 is 0 Å². The highest BCUT2D eigenvalue weighted by atomic mass is 32.2. The number of carboxylic acids is 1. The summed E-state index contributed by atoms with van der Waals surface area (Å²) in [6, 6.07) is 1.42. The lowest BCUT2D eigenvalue weighted by molar-refractivity contribution is 0.0692. The van der Waals surface area contributed by atoms with Gasteiger partial charge in [-0.25, -0.2) is 4.79 Å². The number of aromatic carboxylic acids is 1. The molecule has 1 aromatic heterocycles. The minimum atomic E-state index is -3.69. The number of anilines is 1. The Hall–Kier alpha value is -1.54. The summed E-state index contributed by atoms with van der Waals surface area (Å²) in [5.41, 5.74) is 0.412. The Balaban J connectivity index is 3.11. The smallest absolute Gasteiger partial charge is 0.354 e. The zero-order valence-electron chi connectivity index (χ0n) is 9.10. The molecule has 0 aliphatic carbocycles. The van der Waals surface area contributed by atoms with E-state index in [1.54, 1.807) is 6.92 Å². The molecule has 1 aromatic rings. The van der Waals surface area contributed by atoms with Gasteiger partial charge >= 0.3 is 16.2 Å². The molecule has 7 nitrogen and oxygen atoms in total. The zero-order valence-corrected chi connectivity index (χ0v) is 9.92. The third kappa shape index (κ3) is 2.52. The molecule has 0 aromatic carbocycles. The van der Waals surface area contributed by atoms with Crippen LogP contribution in [0.2, 0.25) is 0 Å². The number of carboxylic acid groups (broad SMARTS) is 1. The van der Waals surface area contributed by atoms with Crippen molar-refractivity contribution in [2.45, 2.75) is 6.92 Å². The Morgan fingerprint density at radius 1 is 1.50 bits per heavy atom. The molecule has 8 heteroatoms. The van der Waals surface area contributed by atoms with E-state index in [0.29, 0.717) is 5.69 Å². The van der Waals surface area contributed by atoms with Crippen LogP contribution in [0.5, 0.6) is 0 Å². The number of nitrogens with zero attached hydrogens (tertiary/aromatic N) is 1. The maximum absolute atomic E-state index is 11.5.